The number of rotatable bonds is 9. The molecule has 0 aromatic heterocycles. The summed E-state index contributed by atoms with van der Waals surface area (Å²) in [7, 11) is 0. The van der Waals surface area contributed by atoms with E-state index in [0.29, 0.717) is 5.92 Å². The number of nitrogens with zero attached hydrogens (tertiary/aromatic N) is 1. The standard InChI is InChI=1S/C24H27NO2/c1-3-5-10-19(4-2)23(17-25)22-13-7-6-12-21(22)20-11-8-9-18(16-20)14-15-24(26)27/h6-9,11-16,19,23H,3-5,10H2,1-2H3,(H,26,27). The van der Waals surface area contributed by atoms with Crippen molar-refractivity contribution in [3.63, 3.8) is 0 Å². The number of aliphatic carboxylic acids is 1. The maximum atomic E-state index is 10.8. The molecule has 0 saturated carbocycles. The average molecular weight is 361 g/mol. The molecule has 2 unspecified atom stereocenters. The number of nitriles is 1. The second-order valence-corrected chi connectivity index (χ2v) is 6.80. The zero-order chi connectivity index (χ0) is 19.6. The fourth-order valence-corrected chi connectivity index (χ4v) is 3.51. The van der Waals surface area contributed by atoms with E-state index in [-0.39, 0.29) is 5.92 Å². The van der Waals surface area contributed by atoms with Gasteiger partial charge in [-0.2, -0.15) is 5.26 Å². The minimum absolute atomic E-state index is 0.143. The van der Waals surface area contributed by atoms with E-state index < -0.39 is 5.97 Å². The highest BCUT2D eigenvalue weighted by molar-refractivity contribution is 5.85. The lowest BCUT2D eigenvalue weighted by atomic mass is 9.79. The molecule has 0 amide bonds. The van der Waals surface area contributed by atoms with Gasteiger partial charge in [0, 0.05) is 6.08 Å². The quantitative estimate of drug-likeness (QED) is 0.535. The smallest absolute Gasteiger partial charge is 0.328 e. The van der Waals surface area contributed by atoms with E-state index in [0.717, 1.165) is 54.0 Å². The summed E-state index contributed by atoms with van der Waals surface area (Å²) in [5.41, 5.74) is 3.94. The maximum Gasteiger partial charge on any atom is 0.328 e. The van der Waals surface area contributed by atoms with Crippen LogP contribution in [0, 0.1) is 17.2 Å². The SMILES string of the molecule is CCCCC(CC)C(C#N)c1ccccc1-c1cccc(C=CC(=O)O)c1. The summed E-state index contributed by atoms with van der Waals surface area (Å²) in [5.74, 6) is -0.769. The van der Waals surface area contributed by atoms with Crippen LogP contribution in [0.4, 0.5) is 0 Å². The molecule has 140 valence electrons. The first-order chi connectivity index (χ1) is 13.1. The summed E-state index contributed by atoms with van der Waals surface area (Å²) in [6.07, 6.45) is 7.03. The summed E-state index contributed by atoms with van der Waals surface area (Å²) in [5, 5.41) is 18.8. The number of carbonyl (C=O) groups is 1. The first-order valence-electron chi connectivity index (χ1n) is 9.60. The van der Waals surface area contributed by atoms with Gasteiger partial charge in [-0.3, -0.25) is 0 Å². The first kappa shape index (κ1) is 20.5. The maximum absolute atomic E-state index is 10.8. The number of benzene rings is 2. The van der Waals surface area contributed by atoms with E-state index in [1.807, 2.05) is 42.5 Å². The van der Waals surface area contributed by atoms with Crippen molar-refractivity contribution >= 4 is 12.0 Å². The van der Waals surface area contributed by atoms with Gasteiger partial charge in [-0.25, -0.2) is 4.79 Å². The molecule has 3 heteroatoms. The lowest BCUT2D eigenvalue weighted by molar-refractivity contribution is -0.131. The number of hydrogen-bond acceptors (Lipinski definition) is 2. The van der Waals surface area contributed by atoms with Crippen molar-refractivity contribution in [2.75, 3.05) is 0 Å². The fraction of sp³-hybridized carbons (Fsp3) is 0.333. The van der Waals surface area contributed by atoms with Crippen LogP contribution in [0.2, 0.25) is 0 Å². The van der Waals surface area contributed by atoms with E-state index in [1.165, 1.54) is 0 Å². The highest BCUT2D eigenvalue weighted by atomic mass is 16.4. The highest BCUT2D eigenvalue weighted by Gasteiger charge is 2.23. The van der Waals surface area contributed by atoms with Crippen LogP contribution in [0.1, 0.15) is 56.6 Å². The van der Waals surface area contributed by atoms with E-state index in [4.69, 9.17) is 5.11 Å². The largest absolute Gasteiger partial charge is 0.478 e. The van der Waals surface area contributed by atoms with E-state index >= 15 is 0 Å². The molecule has 0 bridgehead atoms. The van der Waals surface area contributed by atoms with Gasteiger partial charge in [0.15, 0.2) is 0 Å². The van der Waals surface area contributed by atoms with Crippen molar-refractivity contribution in [2.24, 2.45) is 5.92 Å². The zero-order valence-corrected chi connectivity index (χ0v) is 16.1. The fourth-order valence-electron chi connectivity index (χ4n) is 3.51. The lowest BCUT2D eigenvalue weighted by Crippen LogP contribution is -2.12. The van der Waals surface area contributed by atoms with Gasteiger partial charge in [-0.15, -0.1) is 0 Å². The molecule has 2 aromatic carbocycles. The Morgan fingerprint density at radius 1 is 1.19 bits per heavy atom. The summed E-state index contributed by atoms with van der Waals surface area (Å²) < 4.78 is 0. The van der Waals surface area contributed by atoms with Gasteiger partial charge in [0.2, 0.25) is 0 Å². The Morgan fingerprint density at radius 2 is 1.96 bits per heavy atom. The minimum atomic E-state index is -0.966. The molecule has 0 spiro atoms. The Hall–Kier alpha value is -2.86. The normalized spacial score (nSPS) is 13.2. The van der Waals surface area contributed by atoms with E-state index in [1.54, 1.807) is 6.08 Å². The number of unbranched alkanes of at least 4 members (excludes halogenated alkanes) is 1. The van der Waals surface area contributed by atoms with E-state index in [2.05, 4.69) is 26.0 Å². The molecule has 0 heterocycles. The Bertz CT molecular complexity index is 832. The second-order valence-electron chi connectivity index (χ2n) is 6.80. The number of hydrogen-bond donors (Lipinski definition) is 1. The van der Waals surface area contributed by atoms with Crippen LogP contribution < -0.4 is 0 Å². The minimum Gasteiger partial charge on any atom is -0.478 e. The van der Waals surface area contributed by atoms with Crippen molar-refractivity contribution in [1.29, 1.82) is 5.26 Å². The van der Waals surface area contributed by atoms with Crippen LogP contribution in [-0.2, 0) is 4.79 Å². The molecular formula is C24H27NO2. The lowest BCUT2D eigenvalue weighted by Gasteiger charge is -2.23. The van der Waals surface area contributed by atoms with Crippen molar-refractivity contribution in [2.45, 2.75) is 45.4 Å². The van der Waals surface area contributed by atoms with Gasteiger partial charge < -0.3 is 5.11 Å². The molecule has 2 atom stereocenters. The van der Waals surface area contributed by atoms with Crippen molar-refractivity contribution in [3.8, 4) is 17.2 Å². The first-order valence-corrected chi connectivity index (χ1v) is 9.60. The zero-order valence-electron chi connectivity index (χ0n) is 16.1. The van der Waals surface area contributed by atoms with Gasteiger partial charge in [0.25, 0.3) is 0 Å². The van der Waals surface area contributed by atoms with Crippen molar-refractivity contribution in [3.05, 3.63) is 65.7 Å². The molecule has 0 radical (unpaired) electrons. The third kappa shape index (κ3) is 5.56. The molecular weight excluding hydrogens is 334 g/mol. The molecule has 0 aliphatic carbocycles. The predicted octanol–water partition coefficient (Wildman–Crippen LogP) is 6.27. The van der Waals surface area contributed by atoms with Crippen LogP contribution in [0.5, 0.6) is 0 Å². The van der Waals surface area contributed by atoms with Crippen LogP contribution in [0.15, 0.2) is 54.6 Å². The second kappa shape index (κ2) is 10.3. The summed E-state index contributed by atoms with van der Waals surface area (Å²) >= 11 is 0. The van der Waals surface area contributed by atoms with Crippen molar-refractivity contribution < 1.29 is 9.90 Å². The monoisotopic (exact) mass is 361 g/mol. The Kier molecular flexibility index (Phi) is 7.82. The van der Waals surface area contributed by atoms with E-state index in [9.17, 15) is 10.1 Å². The van der Waals surface area contributed by atoms with Crippen LogP contribution in [0.25, 0.3) is 17.2 Å². The molecule has 27 heavy (non-hydrogen) atoms. The average Bonchev–Trinajstić information content (AvgIpc) is 2.70. The molecule has 1 N–H and O–H groups in total. The Balaban J connectivity index is 2.44. The number of carboxylic acid groups (broad SMARTS) is 1. The Labute approximate surface area is 162 Å². The third-order valence-electron chi connectivity index (χ3n) is 4.98. The molecule has 0 aliphatic heterocycles. The molecule has 2 aromatic rings. The van der Waals surface area contributed by atoms with Crippen LogP contribution in [0.3, 0.4) is 0 Å². The summed E-state index contributed by atoms with van der Waals surface area (Å²) in [6.45, 7) is 4.34. The summed E-state index contributed by atoms with van der Waals surface area (Å²) in [4.78, 5) is 10.8. The van der Waals surface area contributed by atoms with Gasteiger partial charge in [-0.1, -0.05) is 75.6 Å². The molecule has 0 aliphatic rings. The van der Waals surface area contributed by atoms with Crippen LogP contribution in [-0.4, -0.2) is 11.1 Å². The topological polar surface area (TPSA) is 61.1 Å². The van der Waals surface area contributed by atoms with Gasteiger partial charge >= 0.3 is 5.97 Å². The third-order valence-corrected chi connectivity index (χ3v) is 4.98. The molecule has 0 fully saturated rings. The van der Waals surface area contributed by atoms with Gasteiger partial charge in [0.1, 0.15) is 0 Å². The van der Waals surface area contributed by atoms with Crippen LogP contribution >= 0.6 is 0 Å². The highest BCUT2D eigenvalue weighted by Crippen LogP contribution is 2.36. The number of carboxylic acids is 1. The molecule has 2 rings (SSSR count). The Morgan fingerprint density at radius 3 is 2.63 bits per heavy atom. The van der Waals surface area contributed by atoms with Crippen molar-refractivity contribution in [1.82, 2.24) is 0 Å². The predicted molar refractivity (Wildman–Crippen MR) is 110 cm³/mol. The molecule has 0 saturated heterocycles. The molecule has 3 nitrogen and oxygen atoms in total. The van der Waals surface area contributed by atoms with Gasteiger partial charge in [-0.05, 0) is 46.7 Å². The van der Waals surface area contributed by atoms with Gasteiger partial charge in [0.05, 0.1) is 12.0 Å². The summed E-state index contributed by atoms with van der Waals surface area (Å²) in [6, 6.07) is 18.4.